The van der Waals surface area contributed by atoms with Crippen molar-refractivity contribution in [1.82, 2.24) is 20.1 Å². The first-order valence-corrected chi connectivity index (χ1v) is 7.78. The molecule has 2 heterocycles. The van der Waals surface area contributed by atoms with Crippen LogP contribution in [0.4, 0.5) is 11.5 Å². The second-order valence-electron chi connectivity index (χ2n) is 4.67. The maximum Gasteiger partial charge on any atom is 0.269 e. The van der Waals surface area contributed by atoms with E-state index >= 15 is 0 Å². The number of nitrogen functional groups attached to an aromatic ring is 1. The molecule has 0 aliphatic heterocycles. The summed E-state index contributed by atoms with van der Waals surface area (Å²) in [6, 6.07) is 7.72. The van der Waals surface area contributed by atoms with Crippen LogP contribution in [-0.2, 0) is 5.75 Å². The van der Waals surface area contributed by atoms with E-state index in [1.165, 1.54) is 30.1 Å². The van der Waals surface area contributed by atoms with E-state index in [-0.39, 0.29) is 17.1 Å². The van der Waals surface area contributed by atoms with Crippen LogP contribution < -0.4 is 5.73 Å². The van der Waals surface area contributed by atoms with Crippen molar-refractivity contribution in [2.75, 3.05) is 5.73 Å². The molecule has 3 rings (SSSR count). The summed E-state index contributed by atoms with van der Waals surface area (Å²) in [6.07, 6.45) is 1.35. The molecule has 0 saturated carbocycles. The molecule has 1 aromatic carbocycles. The van der Waals surface area contributed by atoms with Gasteiger partial charge in [-0.15, -0.1) is 0 Å². The SMILES string of the molecule is N#Cc1cnc(SCc2nc(-c3ccc([N+](=O)[O-])cc3)no2)nc1N. The minimum Gasteiger partial charge on any atom is -0.382 e. The molecule has 0 spiro atoms. The fourth-order valence-electron chi connectivity index (χ4n) is 1.82. The van der Waals surface area contributed by atoms with Crippen molar-refractivity contribution in [3.63, 3.8) is 0 Å². The Hall–Kier alpha value is -3.52. The Kier molecular flexibility index (Phi) is 4.53. The minimum absolute atomic E-state index is 0.0152. The number of non-ortho nitro benzene ring substituents is 1. The van der Waals surface area contributed by atoms with Gasteiger partial charge in [-0.3, -0.25) is 10.1 Å². The summed E-state index contributed by atoms with van der Waals surface area (Å²) in [7, 11) is 0. The van der Waals surface area contributed by atoms with Crippen LogP contribution in [0.1, 0.15) is 11.5 Å². The Bertz CT molecular complexity index is 965. The average Bonchev–Trinajstić information content (AvgIpc) is 3.09. The number of aromatic nitrogens is 4. The van der Waals surface area contributed by atoms with Crippen LogP contribution in [0, 0.1) is 21.4 Å². The zero-order valence-corrected chi connectivity index (χ0v) is 13.3. The van der Waals surface area contributed by atoms with Crippen molar-refractivity contribution < 1.29 is 9.45 Å². The summed E-state index contributed by atoms with van der Waals surface area (Å²) in [6.45, 7) is 0. The third kappa shape index (κ3) is 3.70. The lowest BCUT2D eigenvalue weighted by atomic mass is 10.2. The van der Waals surface area contributed by atoms with Crippen LogP contribution in [0.3, 0.4) is 0 Å². The van der Waals surface area contributed by atoms with E-state index in [9.17, 15) is 10.1 Å². The first-order chi connectivity index (χ1) is 12.1. The Morgan fingerprint density at radius 1 is 1.32 bits per heavy atom. The highest BCUT2D eigenvalue weighted by Gasteiger charge is 2.12. The molecular formula is C14H9N7O3S. The number of nitrogens with two attached hydrogens (primary N) is 1. The summed E-state index contributed by atoms with van der Waals surface area (Å²) < 4.78 is 5.14. The second kappa shape index (κ2) is 6.93. The molecule has 3 aromatic rings. The average molecular weight is 355 g/mol. The van der Waals surface area contributed by atoms with Gasteiger partial charge in [-0.2, -0.15) is 10.2 Å². The third-order valence-electron chi connectivity index (χ3n) is 3.05. The highest BCUT2D eigenvalue weighted by molar-refractivity contribution is 7.98. The Labute approximate surface area is 144 Å². The minimum atomic E-state index is -0.481. The molecule has 0 bridgehead atoms. The van der Waals surface area contributed by atoms with Gasteiger partial charge >= 0.3 is 0 Å². The van der Waals surface area contributed by atoms with E-state index in [1.54, 1.807) is 12.1 Å². The number of nitrogens with zero attached hydrogens (tertiary/aromatic N) is 6. The molecule has 0 aliphatic carbocycles. The number of benzene rings is 1. The lowest BCUT2D eigenvalue weighted by Crippen LogP contribution is -1.98. The van der Waals surface area contributed by atoms with Crippen molar-refractivity contribution in [3.8, 4) is 17.5 Å². The second-order valence-corrected chi connectivity index (χ2v) is 5.61. The van der Waals surface area contributed by atoms with Gasteiger partial charge in [0, 0.05) is 17.7 Å². The molecule has 10 nitrogen and oxygen atoms in total. The van der Waals surface area contributed by atoms with Crippen LogP contribution in [0.15, 0.2) is 40.1 Å². The molecule has 124 valence electrons. The van der Waals surface area contributed by atoms with Gasteiger partial charge in [0.05, 0.1) is 16.9 Å². The van der Waals surface area contributed by atoms with Gasteiger partial charge in [-0.1, -0.05) is 16.9 Å². The Morgan fingerprint density at radius 2 is 2.08 bits per heavy atom. The van der Waals surface area contributed by atoms with E-state index < -0.39 is 4.92 Å². The molecule has 25 heavy (non-hydrogen) atoms. The zero-order chi connectivity index (χ0) is 17.8. The molecule has 0 unspecified atom stereocenters. The molecule has 0 atom stereocenters. The molecule has 2 aromatic heterocycles. The Balaban J connectivity index is 1.68. The largest absolute Gasteiger partial charge is 0.382 e. The third-order valence-corrected chi connectivity index (χ3v) is 3.89. The quantitative estimate of drug-likeness (QED) is 0.311. The van der Waals surface area contributed by atoms with Gasteiger partial charge in [-0.25, -0.2) is 9.97 Å². The molecule has 0 aliphatic rings. The summed E-state index contributed by atoms with van der Waals surface area (Å²) >= 11 is 1.22. The predicted octanol–water partition coefficient (Wildman–Crippen LogP) is 2.18. The number of nitro groups is 1. The first kappa shape index (κ1) is 16.3. The Morgan fingerprint density at radius 3 is 2.72 bits per heavy atom. The van der Waals surface area contributed by atoms with Gasteiger partial charge in [0.2, 0.25) is 11.7 Å². The highest BCUT2D eigenvalue weighted by Crippen LogP contribution is 2.23. The number of nitro benzene ring substituents is 1. The molecule has 11 heteroatoms. The summed E-state index contributed by atoms with van der Waals surface area (Å²) in [5.41, 5.74) is 6.43. The topological polar surface area (TPSA) is 158 Å². The van der Waals surface area contributed by atoms with Gasteiger partial charge < -0.3 is 10.3 Å². The van der Waals surface area contributed by atoms with E-state index in [0.717, 1.165) is 0 Å². The molecule has 2 N–H and O–H groups in total. The van der Waals surface area contributed by atoms with Crippen molar-refractivity contribution in [2.24, 2.45) is 0 Å². The van der Waals surface area contributed by atoms with Gasteiger partial charge in [0.15, 0.2) is 5.16 Å². The fraction of sp³-hybridized carbons (Fsp3) is 0.0714. The van der Waals surface area contributed by atoms with E-state index in [4.69, 9.17) is 15.5 Å². The van der Waals surface area contributed by atoms with Crippen LogP contribution >= 0.6 is 11.8 Å². The number of anilines is 1. The smallest absolute Gasteiger partial charge is 0.269 e. The van der Waals surface area contributed by atoms with Crippen LogP contribution in [-0.4, -0.2) is 25.0 Å². The van der Waals surface area contributed by atoms with Crippen molar-refractivity contribution in [3.05, 3.63) is 52.0 Å². The molecular weight excluding hydrogens is 346 g/mol. The predicted molar refractivity (Wildman–Crippen MR) is 87.1 cm³/mol. The van der Waals surface area contributed by atoms with Crippen molar-refractivity contribution in [2.45, 2.75) is 10.9 Å². The van der Waals surface area contributed by atoms with Crippen molar-refractivity contribution in [1.29, 1.82) is 5.26 Å². The zero-order valence-electron chi connectivity index (χ0n) is 12.5. The van der Waals surface area contributed by atoms with Gasteiger partial charge in [0.1, 0.15) is 17.5 Å². The lowest BCUT2D eigenvalue weighted by Gasteiger charge is -1.99. The molecule has 0 fully saturated rings. The van der Waals surface area contributed by atoms with E-state index in [1.807, 2.05) is 6.07 Å². The summed E-state index contributed by atoms with van der Waals surface area (Å²) in [5.74, 6) is 1.08. The number of nitriles is 1. The van der Waals surface area contributed by atoms with E-state index in [0.29, 0.717) is 28.2 Å². The normalized spacial score (nSPS) is 10.4. The summed E-state index contributed by atoms with van der Waals surface area (Å²) in [4.78, 5) is 22.4. The molecule has 0 amide bonds. The van der Waals surface area contributed by atoms with Crippen LogP contribution in [0.25, 0.3) is 11.4 Å². The highest BCUT2D eigenvalue weighted by atomic mass is 32.2. The summed E-state index contributed by atoms with van der Waals surface area (Å²) in [5, 5.41) is 23.7. The van der Waals surface area contributed by atoms with Gasteiger partial charge in [-0.05, 0) is 12.1 Å². The van der Waals surface area contributed by atoms with Crippen molar-refractivity contribution >= 4 is 23.3 Å². The number of hydrogen-bond acceptors (Lipinski definition) is 10. The van der Waals surface area contributed by atoms with Crippen LogP contribution in [0.5, 0.6) is 0 Å². The maximum absolute atomic E-state index is 10.7. The molecule has 0 saturated heterocycles. The number of hydrogen-bond donors (Lipinski definition) is 1. The fourth-order valence-corrected chi connectivity index (χ4v) is 2.48. The monoisotopic (exact) mass is 355 g/mol. The lowest BCUT2D eigenvalue weighted by molar-refractivity contribution is -0.384. The van der Waals surface area contributed by atoms with Crippen LogP contribution in [0.2, 0.25) is 0 Å². The van der Waals surface area contributed by atoms with E-state index in [2.05, 4.69) is 20.1 Å². The van der Waals surface area contributed by atoms with Gasteiger partial charge in [0.25, 0.3) is 5.69 Å². The maximum atomic E-state index is 10.7. The molecule has 0 radical (unpaired) electrons. The number of thioether (sulfide) groups is 1. The standard InChI is InChI=1S/C14H9N7O3S/c15-5-9-6-17-14(19-12(9)16)25-7-11-18-13(20-24-11)8-1-3-10(4-2-8)21(22)23/h1-4,6H,7H2,(H2,16,17,19). The number of rotatable bonds is 5. The first-order valence-electron chi connectivity index (χ1n) is 6.79.